The van der Waals surface area contributed by atoms with E-state index in [2.05, 4.69) is 10.3 Å². The molecule has 1 N–H and O–H groups in total. The first-order valence-corrected chi connectivity index (χ1v) is 9.97. The molecule has 140 valence electrons. The molecule has 0 saturated carbocycles. The van der Waals surface area contributed by atoms with Gasteiger partial charge < -0.3 is 10.1 Å². The molecule has 1 fully saturated rings. The van der Waals surface area contributed by atoms with Gasteiger partial charge in [-0.15, -0.1) is 0 Å². The second-order valence-corrected chi connectivity index (χ2v) is 8.12. The molecule has 0 unspecified atom stereocenters. The number of morpholine rings is 1. The summed E-state index contributed by atoms with van der Waals surface area (Å²) in [5.74, 6) is -0.342. The first kappa shape index (κ1) is 17.8. The highest BCUT2D eigenvalue weighted by atomic mass is 32.2. The minimum atomic E-state index is -3.53. The molecule has 0 atom stereocenters. The van der Waals surface area contributed by atoms with Crippen LogP contribution in [0.5, 0.6) is 0 Å². The number of aromatic nitrogens is 1. The van der Waals surface area contributed by atoms with Gasteiger partial charge in [-0.25, -0.2) is 12.8 Å². The maximum atomic E-state index is 13.6. The molecule has 3 aromatic rings. The molecular formula is C19H18FN3O3S. The summed E-state index contributed by atoms with van der Waals surface area (Å²) in [6.07, 6.45) is 1.64. The van der Waals surface area contributed by atoms with Crippen LogP contribution in [0.15, 0.2) is 59.6 Å². The lowest BCUT2D eigenvalue weighted by Gasteiger charge is -2.26. The van der Waals surface area contributed by atoms with Gasteiger partial charge in [0.1, 0.15) is 5.82 Å². The van der Waals surface area contributed by atoms with E-state index in [0.717, 1.165) is 0 Å². The van der Waals surface area contributed by atoms with Gasteiger partial charge in [-0.3, -0.25) is 4.98 Å². The number of hydrogen-bond acceptors (Lipinski definition) is 5. The molecule has 0 spiro atoms. The Morgan fingerprint density at radius 2 is 1.78 bits per heavy atom. The van der Waals surface area contributed by atoms with E-state index in [-0.39, 0.29) is 10.7 Å². The van der Waals surface area contributed by atoms with E-state index in [0.29, 0.717) is 48.6 Å². The van der Waals surface area contributed by atoms with Crippen LogP contribution in [0.3, 0.4) is 0 Å². The van der Waals surface area contributed by atoms with E-state index >= 15 is 0 Å². The molecule has 0 amide bonds. The molecular weight excluding hydrogens is 369 g/mol. The van der Waals surface area contributed by atoms with Crippen molar-refractivity contribution in [3.05, 3.63) is 60.5 Å². The topological polar surface area (TPSA) is 71.5 Å². The van der Waals surface area contributed by atoms with Crippen LogP contribution >= 0.6 is 0 Å². The van der Waals surface area contributed by atoms with Crippen molar-refractivity contribution in [2.75, 3.05) is 31.6 Å². The molecule has 6 nitrogen and oxygen atoms in total. The minimum Gasteiger partial charge on any atom is -0.379 e. The normalized spacial score (nSPS) is 15.7. The molecule has 8 heteroatoms. The van der Waals surface area contributed by atoms with Crippen LogP contribution in [0.1, 0.15) is 0 Å². The van der Waals surface area contributed by atoms with Crippen LogP contribution in [0, 0.1) is 5.82 Å². The van der Waals surface area contributed by atoms with Gasteiger partial charge in [0.25, 0.3) is 0 Å². The standard InChI is InChI=1S/C19H18FN3O3S/c20-14-1-6-18-17(13-14)19(7-8-21-18)22-15-2-4-16(5-3-15)27(24,25)23-9-11-26-12-10-23/h1-8,13H,9-12H2,(H,21,22). The molecule has 0 radical (unpaired) electrons. The van der Waals surface area contributed by atoms with Gasteiger partial charge in [0.15, 0.2) is 0 Å². The lowest BCUT2D eigenvalue weighted by molar-refractivity contribution is 0.0730. The van der Waals surface area contributed by atoms with Crippen molar-refractivity contribution in [1.82, 2.24) is 9.29 Å². The summed E-state index contributed by atoms with van der Waals surface area (Å²) in [6.45, 7) is 1.53. The number of halogens is 1. The van der Waals surface area contributed by atoms with E-state index < -0.39 is 10.0 Å². The average molecular weight is 387 g/mol. The Morgan fingerprint density at radius 3 is 2.52 bits per heavy atom. The fourth-order valence-electron chi connectivity index (χ4n) is 3.03. The number of benzene rings is 2. The zero-order valence-corrected chi connectivity index (χ0v) is 15.2. The fourth-order valence-corrected chi connectivity index (χ4v) is 4.44. The molecule has 0 bridgehead atoms. The highest BCUT2D eigenvalue weighted by Gasteiger charge is 2.26. The van der Waals surface area contributed by atoms with Gasteiger partial charge in [-0.05, 0) is 48.5 Å². The van der Waals surface area contributed by atoms with Crippen LogP contribution in [-0.2, 0) is 14.8 Å². The number of anilines is 2. The fraction of sp³-hybridized carbons (Fsp3) is 0.211. The number of rotatable bonds is 4. The van der Waals surface area contributed by atoms with Crippen LogP contribution in [0.25, 0.3) is 10.9 Å². The van der Waals surface area contributed by atoms with Gasteiger partial charge >= 0.3 is 0 Å². The summed E-state index contributed by atoms with van der Waals surface area (Å²) in [7, 11) is -3.53. The van der Waals surface area contributed by atoms with Crippen molar-refractivity contribution in [3.8, 4) is 0 Å². The monoisotopic (exact) mass is 387 g/mol. The number of ether oxygens (including phenoxy) is 1. The summed E-state index contributed by atoms with van der Waals surface area (Å²) >= 11 is 0. The number of hydrogen-bond donors (Lipinski definition) is 1. The molecule has 2 aromatic carbocycles. The average Bonchev–Trinajstić information content (AvgIpc) is 2.69. The Hall–Kier alpha value is -2.55. The number of pyridine rings is 1. The number of sulfonamides is 1. The molecule has 1 aliphatic rings. The SMILES string of the molecule is O=S(=O)(c1ccc(Nc2ccnc3ccc(F)cc23)cc1)N1CCOCC1. The molecule has 2 heterocycles. The summed E-state index contributed by atoms with van der Waals surface area (Å²) in [6, 6.07) is 12.7. The second kappa shape index (κ2) is 7.22. The van der Waals surface area contributed by atoms with Gasteiger partial charge in [0.05, 0.1) is 23.6 Å². The predicted octanol–water partition coefficient (Wildman–Crippen LogP) is 3.14. The zero-order chi connectivity index (χ0) is 18.9. The lowest BCUT2D eigenvalue weighted by atomic mass is 10.1. The van der Waals surface area contributed by atoms with Crippen molar-refractivity contribution >= 4 is 32.3 Å². The first-order valence-electron chi connectivity index (χ1n) is 8.53. The van der Waals surface area contributed by atoms with E-state index in [1.165, 1.54) is 16.4 Å². The maximum Gasteiger partial charge on any atom is 0.243 e. The minimum absolute atomic E-state index is 0.237. The van der Waals surface area contributed by atoms with Crippen LogP contribution in [0.2, 0.25) is 0 Å². The third-order valence-corrected chi connectivity index (χ3v) is 6.36. The lowest BCUT2D eigenvalue weighted by Crippen LogP contribution is -2.40. The van der Waals surface area contributed by atoms with Crippen molar-refractivity contribution in [2.24, 2.45) is 0 Å². The molecule has 27 heavy (non-hydrogen) atoms. The van der Waals surface area contributed by atoms with Crippen molar-refractivity contribution < 1.29 is 17.5 Å². The van der Waals surface area contributed by atoms with Gasteiger partial charge in [0, 0.05) is 36.0 Å². The van der Waals surface area contributed by atoms with E-state index in [1.54, 1.807) is 42.6 Å². The van der Waals surface area contributed by atoms with E-state index in [9.17, 15) is 12.8 Å². The highest BCUT2D eigenvalue weighted by Crippen LogP contribution is 2.27. The Kier molecular flexibility index (Phi) is 4.77. The Balaban J connectivity index is 1.59. The molecule has 4 rings (SSSR count). The smallest absolute Gasteiger partial charge is 0.243 e. The Labute approximate surface area is 156 Å². The Bertz CT molecular complexity index is 1070. The largest absolute Gasteiger partial charge is 0.379 e. The highest BCUT2D eigenvalue weighted by molar-refractivity contribution is 7.89. The molecule has 1 saturated heterocycles. The number of fused-ring (bicyclic) bond motifs is 1. The van der Waals surface area contributed by atoms with Gasteiger partial charge in [-0.1, -0.05) is 0 Å². The van der Waals surface area contributed by atoms with E-state index in [4.69, 9.17) is 4.74 Å². The maximum absolute atomic E-state index is 13.6. The quantitative estimate of drug-likeness (QED) is 0.745. The zero-order valence-electron chi connectivity index (χ0n) is 14.4. The first-order chi connectivity index (χ1) is 13.0. The molecule has 1 aliphatic heterocycles. The van der Waals surface area contributed by atoms with E-state index in [1.807, 2.05) is 0 Å². The summed E-state index contributed by atoms with van der Waals surface area (Å²) in [4.78, 5) is 4.46. The summed E-state index contributed by atoms with van der Waals surface area (Å²) in [5, 5.41) is 3.85. The van der Waals surface area contributed by atoms with Crippen molar-refractivity contribution in [2.45, 2.75) is 4.90 Å². The number of nitrogens with one attached hydrogen (secondary N) is 1. The third kappa shape index (κ3) is 3.64. The van der Waals surface area contributed by atoms with Crippen LogP contribution in [0.4, 0.5) is 15.8 Å². The predicted molar refractivity (Wildman–Crippen MR) is 101 cm³/mol. The molecule has 0 aliphatic carbocycles. The Morgan fingerprint density at radius 1 is 1.04 bits per heavy atom. The van der Waals surface area contributed by atoms with Crippen LogP contribution in [-0.4, -0.2) is 44.0 Å². The van der Waals surface area contributed by atoms with Crippen molar-refractivity contribution in [3.63, 3.8) is 0 Å². The van der Waals surface area contributed by atoms with Gasteiger partial charge in [-0.2, -0.15) is 4.31 Å². The molecule has 1 aromatic heterocycles. The third-order valence-electron chi connectivity index (χ3n) is 4.44. The second-order valence-electron chi connectivity index (χ2n) is 6.19. The summed E-state index contributed by atoms with van der Waals surface area (Å²) < 4.78 is 45.6. The van der Waals surface area contributed by atoms with Crippen molar-refractivity contribution in [1.29, 1.82) is 0 Å². The van der Waals surface area contributed by atoms with Gasteiger partial charge in [0.2, 0.25) is 10.0 Å². The number of nitrogens with zero attached hydrogens (tertiary/aromatic N) is 2. The summed E-state index contributed by atoms with van der Waals surface area (Å²) in [5.41, 5.74) is 2.07. The van der Waals surface area contributed by atoms with Crippen LogP contribution < -0.4 is 5.32 Å².